The molecule has 96 valence electrons. The van der Waals surface area contributed by atoms with Crippen molar-refractivity contribution in [3.8, 4) is 0 Å². The van der Waals surface area contributed by atoms with Gasteiger partial charge in [-0.05, 0) is 31.4 Å². The van der Waals surface area contributed by atoms with E-state index in [2.05, 4.69) is 10.3 Å². The van der Waals surface area contributed by atoms with E-state index in [0.29, 0.717) is 22.6 Å². The zero-order valence-corrected chi connectivity index (χ0v) is 10.6. The maximum absolute atomic E-state index is 13.7. The molecule has 2 fully saturated rings. The molecule has 2 unspecified atom stereocenters. The highest BCUT2D eigenvalue weighted by atomic mass is 35.5. The van der Waals surface area contributed by atoms with Crippen LogP contribution in [-0.2, 0) is 0 Å². The number of hydrogen-bond acceptors (Lipinski definition) is 1. The summed E-state index contributed by atoms with van der Waals surface area (Å²) in [6.07, 6.45) is 3.13. The Morgan fingerprint density at radius 3 is 2.89 bits per heavy atom. The Balaban J connectivity index is 1.69. The smallest absolute Gasteiger partial charge is 0.189 e. The van der Waals surface area contributed by atoms with Crippen molar-refractivity contribution in [1.82, 2.24) is 5.32 Å². The number of nitrogens with zero attached hydrogens (tertiary/aromatic N) is 1. The molecule has 2 aliphatic rings. The van der Waals surface area contributed by atoms with E-state index in [1.807, 2.05) is 0 Å². The number of hydrogen-bond donors (Lipinski definition) is 2. The van der Waals surface area contributed by atoms with Gasteiger partial charge in [-0.1, -0.05) is 17.7 Å². The molecule has 0 amide bonds. The predicted octanol–water partition coefficient (Wildman–Crippen LogP) is 2.40. The molecule has 2 aliphatic carbocycles. The van der Waals surface area contributed by atoms with E-state index >= 15 is 0 Å². The molecule has 0 aliphatic heterocycles. The third kappa shape index (κ3) is 2.43. The predicted molar refractivity (Wildman–Crippen MR) is 70.3 cm³/mol. The minimum absolute atomic E-state index is 0.0608. The Hall–Kier alpha value is -1.29. The lowest BCUT2D eigenvalue weighted by Crippen LogP contribution is -2.33. The topological polar surface area (TPSA) is 50.4 Å². The summed E-state index contributed by atoms with van der Waals surface area (Å²) in [7, 11) is 0. The molecule has 1 aromatic carbocycles. The Labute approximate surface area is 110 Å². The summed E-state index contributed by atoms with van der Waals surface area (Å²) in [5.74, 6) is 0.287. The second-order valence-corrected chi connectivity index (χ2v) is 5.39. The second kappa shape index (κ2) is 4.43. The molecule has 18 heavy (non-hydrogen) atoms. The number of guanidine groups is 1. The first kappa shape index (κ1) is 11.8. The van der Waals surface area contributed by atoms with Gasteiger partial charge in [0.2, 0.25) is 0 Å². The van der Waals surface area contributed by atoms with E-state index in [1.165, 1.54) is 6.07 Å². The van der Waals surface area contributed by atoms with Crippen LogP contribution in [0.2, 0.25) is 5.02 Å². The summed E-state index contributed by atoms with van der Waals surface area (Å²) in [4.78, 5) is 4.37. The molecule has 1 aromatic rings. The SMILES string of the molecule is NC(=NC1CC1c1c(F)cccc1Cl)NC1CC1. The van der Waals surface area contributed by atoms with Gasteiger partial charge in [-0.25, -0.2) is 9.38 Å². The minimum Gasteiger partial charge on any atom is -0.370 e. The standard InChI is InChI=1S/C13H15ClFN3/c14-9-2-1-3-10(15)12(9)8-6-11(8)18-13(16)17-7-4-5-7/h1-3,7-8,11H,4-6H2,(H3,16,17,18). The van der Waals surface area contributed by atoms with Crippen LogP contribution in [0.25, 0.3) is 0 Å². The number of benzene rings is 1. The lowest BCUT2D eigenvalue weighted by molar-refractivity contribution is 0.609. The van der Waals surface area contributed by atoms with Crippen LogP contribution in [0.5, 0.6) is 0 Å². The van der Waals surface area contributed by atoms with Gasteiger partial charge in [0.1, 0.15) is 5.82 Å². The average Bonchev–Trinajstić information content (AvgIpc) is 3.18. The van der Waals surface area contributed by atoms with Gasteiger partial charge in [-0.15, -0.1) is 0 Å². The lowest BCUT2D eigenvalue weighted by atomic mass is 10.1. The highest BCUT2D eigenvalue weighted by Crippen LogP contribution is 2.47. The molecule has 0 radical (unpaired) electrons. The van der Waals surface area contributed by atoms with Crippen molar-refractivity contribution in [2.24, 2.45) is 10.7 Å². The Morgan fingerprint density at radius 1 is 1.44 bits per heavy atom. The van der Waals surface area contributed by atoms with Crippen LogP contribution in [0, 0.1) is 5.82 Å². The third-order valence-electron chi connectivity index (χ3n) is 3.36. The van der Waals surface area contributed by atoms with Crippen molar-refractivity contribution in [3.63, 3.8) is 0 Å². The van der Waals surface area contributed by atoms with Crippen LogP contribution in [0.4, 0.5) is 4.39 Å². The summed E-state index contributed by atoms with van der Waals surface area (Å²) in [5, 5.41) is 3.61. The maximum Gasteiger partial charge on any atom is 0.189 e. The quantitative estimate of drug-likeness (QED) is 0.653. The molecule has 0 bridgehead atoms. The number of nitrogens with two attached hydrogens (primary N) is 1. The Bertz CT molecular complexity index is 479. The zero-order valence-electron chi connectivity index (χ0n) is 9.87. The molecule has 0 saturated heterocycles. The van der Waals surface area contributed by atoms with Crippen molar-refractivity contribution in [3.05, 3.63) is 34.6 Å². The molecule has 2 saturated carbocycles. The van der Waals surface area contributed by atoms with Crippen molar-refractivity contribution in [2.75, 3.05) is 0 Å². The maximum atomic E-state index is 13.7. The molecule has 5 heteroatoms. The Morgan fingerprint density at radius 2 is 2.22 bits per heavy atom. The van der Waals surface area contributed by atoms with Crippen LogP contribution in [0.3, 0.4) is 0 Å². The lowest BCUT2D eigenvalue weighted by Gasteiger charge is -2.05. The highest BCUT2D eigenvalue weighted by molar-refractivity contribution is 6.31. The van der Waals surface area contributed by atoms with Gasteiger partial charge in [-0.3, -0.25) is 0 Å². The van der Waals surface area contributed by atoms with Crippen LogP contribution >= 0.6 is 11.6 Å². The summed E-state index contributed by atoms with van der Waals surface area (Å²) in [6, 6.07) is 5.32. The molecule has 3 rings (SSSR count). The van der Waals surface area contributed by atoms with Gasteiger partial charge in [0.25, 0.3) is 0 Å². The fourth-order valence-electron chi connectivity index (χ4n) is 2.15. The number of halogens is 2. The monoisotopic (exact) mass is 267 g/mol. The van der Waals surface area contributed by atoms with Gasteiger partial charge in [0.15, 0.2) is 5.96 Å². The molecule has 2 atom stereocenters. The molecular formula is C13H15ClFN3. The third-order valence-corrected chi connectivity index (χ3v) is 3.69. The van der Waals surface area contributed by atoms with Crippen LogP contribution in [0.1, 0.15) is 30.7 Å². The van der Waals surface area contributed by atoms with E-state index in [-0.39, 0.29) is 17.8 Å². The van der Waals surface area contributed by atoms with E-state index in [9.17, 15) is 4.39 Å². The van der Waals surface area contributed by atoms with Gasteiger partial charge in [0, 0.05) is 22.5 Å². The van der Waals surface area contributed by atoms with Crippen molar-refractivity contribution in [1.29, 1.82) is 0 Å². The summed E-state index contributed by atoms with van der Waals surface area (Å²) < 4.78 is 13.7. The first-order valence-electron chi connectivity index (χ1n) is 6.19. The normalized spacial score (nSPS) is 27.1. The Kier molecular flexibility index (Phi) is 2.90. The van der Waals surface area contributed by atoms with E-state index < -0.39 is 0 Å². The van der Waals surface area contributed by atoms with Crippen LogP contribution in [-0.4, -0.2) is 18.0 Å². The largest absolute Gasteiger partial charge is 0.370 e. The molecule has 0 aromatic heterocycles. The van der Waals surface area contributed by atoms with E-state index in [1.54, 1.807) is 12.1 Å². The summed E-state index contributed by atoms with van der Waals surface area (Å²) in [6.45, 7) is 0. The van der Waals surface area contributed by atoms with Crippen molar-refractivity contribution in [2.45, 2.75) is 37.3 Å². The van der Waals surface area contributed by atoms with Crippen LogP contribution in [0.15, 0.2) is 23.2 Å². The van der Waals surface area contributed by atoms with Crippen LogP contribution < -0.4 is 11.1 Å². The zero-order chi connectivity index (χ0) is 12.7. The number of rotatable bonds is 3. The average molecular weight is 268 g/mol. The fourth-order valence-corrected chi connectivity index (χ4v) is 2.46. The highest BCUT2D eigenvalue weighted by Gasteiger charge is 2.41. The first-order valence-corrected chi connectivity index (χ1v) is 6.56. The number of nitrogens with one attached hydrogen (secondary N) is 1. The molecule has 0 spiro atoms. The minimum atomic E-state index is -0.251. The molecule has 3 nitrogen and oxygen atoms in total. The summed E-state index contributed by atoms with van der Waals surface area (Å²) >= 11 is 6.03. The first-order chi connectivity index (χ1) is 8.65. The van der Waals surface area contributed by atoms with Crippen molar-refractivity contribution < 1.29 is 4.39 Å². The fraction of sp³-hybridized carbons (Fsp3) is 0.462. The van der Waals surface area contributed by atoms with E-state index in [4.69, 9.17) is 17.3 Å². The molecule has 3 N–H and O–H groups in total. The second-order valence-electron chi connectivity index (χ2n) is 4.98. The summed E-state index contributed by atoms with van der Waals surface area (Å²) in [5.41, 5.74) is 6.36. The number of aliphatic imine (C=N–C) groups is 1. The molecular weight excluding hydrogens is 253 g/mol. The molecule has 0 heterocycles. The van der Waals surface area contributed by atoms with E-state index in [0.717, 1.165) is 19.3 Å². The van der Waals surface area contributed by atoms with Gasteiger partial charge < -0.3 is 11.1 Å². The van der Waals surface area contributed by atoms with Crippen molar-refractivity contribution >= 4 is 17.6 Å². The van der Waals surface area contributed by atoms with Gasteiger partial charge in [0.05, 0.1) is 6.04 Å². The van der Waals surface area contributed by atoms with Gasteiger partial charge in [-0.2, -0.15) is 0 Å². The van der Waals surface area contributed by atoms with Gasteiger partial charge >= 0.3 is 0 Å².